The van der Waals surface area contributed by atoms with Gasteiger partial charge in [-0.15, -0.1) is 0 Å². The van der Waals surface area contributed by atoms with E-state index in [-0.39, 0.29) is 24.3 Å². The minimum absolute atomic E-state index is 0.0978. The lowest BCUT2D eigenvalue weighted by Gasteiger charge is -2.35. The Balaban J connectivity index is 1.17. The van der Waals surface area contributed by atoms with Gasteiger partial charge in [0.1, 0.15) is 23.5 Å². The van der Waals surface area contributed by atoms with Crippen LogP contribution in [0.15, 0.2) is 41.1 Å². The van der Waals surface area contributed by atoms with E-state index in [4.69, 9.17) is 33.9 Å². The predicted molar refractivity (Wildman–Crippen MR) is 164 cm³/mol. The van der Waals surface area contributed by atoms with Gasteiger partial charge in [0.15, 0.2) is 5.89 Å². The van der Waals surface area contributed by atoms with E-state index in [0.29, 0.717) is 43.0 Å². The van der Waals surface area contributed by atoms with Crippen molar-refractivity contribution in [1.29, 1.82) is 0 Å². The number of amides is 1. The third kappa shape index (κ3) is 7.05. The van der Waals surface area contributed by atoms with E-state index in [0.717, 1.165) is 85.7 Å². The summed E-state index contributed by atoms with van der Waals surface area (Å²) in [5.74, 6) is 3.55. The number of carbonyl (C=O) groups excluding carboxylic acids is 1. The van der Waals surface area contributed by atoms with Gasteiger partial charge in [-0.05, 0) is 107 Å². The molecule has 0 radical (unpaired) electrons. The van der Waals surface area contributed by atoms with Gasteiger partial charge >= 0.3 is 6.16 Å². The fraction of sp³-hybridized carbons (Fsp3) is 0.559. The van der Waals surface area contributed by atoms with Gasteiger partial charge < -0.3 is 19.0 Å². The number of hydrogen-bond donors (Lipinski definition) is 1. The van der Waals surface area contributed by atoms with Gasteiger partial charge in [0, 0.05) is 41.8 Å². The van der Waals surface area contributed by atoms with Crippen LogP contribution < -0.4 is 9.64 Å². The zero-order valence-corrected chi connectivity index (χ0v) is 25.6. The summed E-state index contributed by atoms with van der Waals surface area (Å²) in [4.78, 5) is 41.2. The second-order valence-corrected chi connectivity index (χ2v) is 12.7. The summed E-state index contributed by atoms with van der Waals surface area (Å²) < 4.78 is 16.0. The number of carboxylic acid groups (broad SMARTS) is 1. The van der Waals surface area contributed by atoms with E-state index in [1.807, 2.05) is 30.0 Å². The van der Waals surface area contributed by atoms with Crippen LogP contribution in [-0.2, 0) is 9.53 Å². The first-order valence-corrected chi connectivity index (χ1v) is 16.0. The van der Waals surface area contributed by atoms with Gasteiger partial charge in [-0.3, -0.25) is 14.7 Å². The van der Waals surface area contributed by atoms with Crippen molar-refractivity contribution >= 4 is 17.9 Å². The molecule has 0 aliphatic heterocycles. The third-order valence-electron chi connectivity index (χ3n) is 9.66. The molecule has 3 aliphatic carbocycles. The molecule has 0 aromatic carbocycles. The van der Waals surface area contributed by atoms with Gasteiger partial charge in [0.25, 0.3) is 0 Å². The highest BCUT2D eigenvalue weighted by atomic mass is 16.7. The maximum absolute atomic E-state index is 14.2. The minimum Gasteiger partial charge on any atom is -0.495 e. The van der Waals surface area contributed by atoms with Crippen molar-refractivity contribution in [3.63, 3.8) is 0 Å². The van der Waals surface area contributed by atoms with Crippen LogP contribution >= 0.6 is 0 Å². The van der Waals surface area contributed by atoms with Crippen LogP contribution in [0.3, 0.4) is 0 Å². The van der Waals surface area contributed by atoms with Crippen LogP contribution in [0.1, 0.15) is 93.3 Å². The fourth-order valence-electron chi connectivity index (χ4n) is 6.86. The normalized spacial score (nSPS) is 23.6. The van der Waals surface area contributed by atoms with Crippen molar-refractivity contribution in [2.24, 2.45) is 17.8 Å². The first-order valence-electron chi connectivity index (χ1n) is 16.0. The van der Waals surface area contributed by atoms with Crippen molar-refractivity contribution in [2.45, 2.75) is 83.0 Å². The van der Waals surface area contributed by atoms with E-state index in [9.17, 15) is 9.59 Å². The lowest BCUT2D eigenvalue weighted by Crippen LogP contribution is -2.42. The van der Waals surface area contributed by atoms with Crippen LogP contribution in [0.25, 0.3) is 11.3 Å². The lowest BCUT2D eigenvalue weighted by molar-refractivity contribution is -0.124. The molecule has 0 unspecified atom stereocenters. The van der Waals surface area contributed by atoms with Crippen LogP contribution in [0.2, 0.25) is 0 Å². The second kappa shape index (κ2) is 13.4. The molecule has 6 rings (SSSR count). The molecule has 3 fully saturated rings. The molecule has 0 spiro atoms. The van der Waals surface area contributed by atoms with Gasteiger partial charge in [-0.1, -0.05) is 0 Å². The Morgan fingerprint density at radius 2 is 1.68 bits per heavy atom. The first kappa shape index (κ1) is 30.1. The van der Waals surface area contributed by atoms with Crippen molar-refractivity contribution < 1.29 is 28.6 Å². The maximum Gasteiger partial charge on any atom is 0.505 e. The zero-order chi connectivity index (χ0) is 30.6. The van der Waals surface area contributed by atoms with Crippen LogP contribution in [0.5, 0.6) is 5.75 Å². The highest BCUT2D eigenvalue weighted by molar-refractivity contribution is 5.94. The highest BCUT2D eigenvalue weighted by Gasteiger charge is 2.34. The molecule has 0 saturated heterocycles. The molecule has 1 N–H and O–H groups in total. The molecular formula is C34H42N4O6. The zero-order valence-electron chi connectivity index (χ0n) is 25.6. The molecule has 10 nitrogen and oxygen atoms in total. The fourth-order valence-corrected chi connectivity index (χ4v) is 6.86. The Morgan fingerprint density at radius 3 is 2.36 bits per heavy atom. The Bertz CT molecular complexity index is 1450. The van der Waals surface area contributed by atoms with E-state index in [2.05, 4.69) is 6.07 Å². The summed E-state index contributed by atoms with van der Waals surface area (Å²) in [7, 11) is 1.67. The Morgan fingerprint density at radius 1 is 0.955 bits per heavy atom. The van der Waals surface area contributed by atoms with Crippen LogP contribution in [0, 0.1) is 24.7 Å². The third-order valence-corrected chi connectivity index (χ3v) is 9.66. The van der Waals surface area contributed by atoms with E-state index >= 15 is 0 Å². The van der Waals surface area contributed by atoms with E-state index in [1.165, 1.54) is 0 Å². The molecule has 234 valence electrons. The number of anilines is 1. The first-order chi connectivity index (χ1) is 21.4. The number of oxazole rings is 1. The molecule has 0 atom stereocenters. The highest BCUT2D eigenvalue weighted by Crippen LogP contribution is 2.41. The summed E-state index contributed by atoms with van der Waals surface area (Å²) >= 11 is 0. The number of pyridine rings is 2. The van der Waals surface area contributed by atoms with Gasteiger partial charge in [0.2, 0.25) is 5.91 Å². The average molecular weight is 603 g/mol. The number of rotatable bonds is 10. The summed E-state index contributed by atoms with van der Waals surface area (Å²) in [6.07, 6.45) is 11.5. The number of methoxy groups -OCH3 is 1. The summed E-state index contributed by atoms with van der Waals surface area (Å²) in [5.41, 5.74) is 3.69. The van der Waals surface area contributed by atoms with Gasteiger partial charge in [-0.25, -0.2) is 14.8 Å². The van der Waals surface area contributed by atoms with Crippen LogP contribution in [-0.4, -0.2) is 52.4 Å². The molecule has 3 aromatic heterocycles. The number of aryl methyl sites for hydroxylation is 1. The molecule has 3 aromatic rings. The Kier molecular flexibility index (Phi) is 9.14. The number of aromatic nitrogens is 3. The molecule has 44 heavy (non-hydrogen) atoms. The van der Waals surface area contributed by atoms with Crippen molar-refractivity contribution in [3.8, 4) is 17.0 Å². The van der Waals surface area contributed by atoms with E-state index < -0.39 is 6.16 Å². The molecular weight excluding hydrogens is 560 g/mol. The molecule has 3 heterocycles. The quantitative estimate of drug-likeness (QED) is 0.241. The summed E-state index contributed by atoms with van der Waals surface area (Å²) in [6.45, 7) is 2.79. The monoisotopic (exact) mass is 602 g/mol. The van der Waals surface area contributed by atoms with Crippen molar-refractivity contribution in [2.75, 3.05) is 25.2 Å². The lowest BCUT2D eigenvalue weighted by atomic mass is 9.79. The molecule has 3 aliphatic rings. The molecule has 3 saturated carbocycles. The second-order valence-electron chi connectivity index (χ2n) is 12.7. The average Bonchev–Trinajstić information content (AvgIpc) is 3.78. The topological polar surface area (TPSA) is 128 Å². The van der Waals surface area contributed by atoms with Crippen molar-refractivity contribution in [1.82, 2.24) is 15.0 Å². The standard InChI is InChI=1S/C34H42N4O6/c1-21-30(42-2)14-13-28(36-21)24-7-3-22(4-8-24)18-38(33(39)26-9-5-23(6-10-26)19-44-34(40)41)31-17-27(15-16-35-31)29-20-43-32(37-29)25-11-12-25/h13-17,20,22-26H,3-12,18-19H2,1-2H3,(H,40,41)/t22-,23-,24-,26-. The number of nitrogens with zero attached hydrogens (tertiary/aromatic N) is 4. The minimum atomic E-state index is -1.25. The van der Waals surface area contributed by atoms with Crippen LogP contribution in [0.4, 0.5) is 10.6 Å². The number of ether oxygens (including phenoxy) is 2. The number of carbonyl (C=O) groups is 2. The summed E-state index contributed by atoms with van der Waals surface area (Å²) in [6, 6.07) is 7.98. The van der Waals surface area contributed by atoms with Gasteiger partial charge in [-0.2, -0.15) is 0 Å². The van der Waals surface area contributed by atoms with E-state index in [1.54, 1.807) is 19.6 Å². The largest absolute Gasteiger partial charge is 0.505 e. The summed E-state index contributed by atoms with van der Waals surface area (Å²) in [5, 5.41) is 8.88. The maximum atomic E-state index is 14.2. The van der Waals surface area contributed by atoms with Gasteiger partial charge in [0.05, 0.1) is 19.4 Å². The Labute approximate surface area is 258 Å². The molecule has 0 bridgehead atoms. The smallest absolute Gasteiger partial charge is 0.495 e. The molecule has 10 heteroatoms. The SMILES string of the molecule is COc1ccc([C@H]2CC[C@H](CN(c3cc(-c4coc(C5CC5)n4)ccn3)C(=O)[C@H]3CC[C@H](COC(=O)O)CC3)CC2)nc1C. The number of hydrogen-bond acceptors (Lipinski definition) is 8. The van der Waals surface area contributed by atoms with Crippen molar-refractivity contribution in [3.05, 3.63) is 54.0 Å². The Hall–Kier alpha value is -3.95. The molecule has 1 amide bonds. The predicted octanol–water partition coefficient (Wildman–Crippen LogP) is 7.13.